The molecule has 2 bridgehead atoms. The molecule has 2 saturated heterocycles. The normalized spacial score (nSPS) is 22.4. The van der Waals surface area contributed by atoms with Crippen LogP contribution in [0.1, 0.15) is 19.8 Å². The molecule has 0 aliphatic carbocycles. The monoisotopic (exact) mass is 412 g/mol. The summed E-state index contributed by atoms with van der Waals surface area (Å²) in [5.41, 5.74) is 8.42. The molecule has 3 atom stereocenters. The van der Waals surface area contributed by atoms with Gasteiger partial charge in [0.1, 0.15) is 5.75 Å². The number of aromatic nitrogens is 2. The Bertz CT molecular complexity index is 849. The number of rotatable bonds is 8. The molecule has 4 rings (SSSR count). The summed E-state index contributed by atoms with van der Waals surface area (Å²) in [6, 6.07) is 10.1. The molecule has 1 aromatic carbocycles. The third kappa shape index (κ3) is 4.35. The molecular formula is C22H32N6O2. The van der Waals surface area contributed by atoms with Crippen molar-refractivity contribution in [1.29, 1.82) is 0 Å². The van der Waals surface area contributed by atoms with Crippen molar-refractivity contribution in [3.05, 3.63) is 30.3 Å². The van der Waals surface area contributed by atoms with E-state index in [1.165, 1.54) is 12.8 Å². The highest BCUT2D eigenvalue weighted by Crippen LogP contribution is 2.36. The van der Waals surface area contributed by atoms with E-state index >= 15 is 0 Å². The van der Waals surface area contributed by atoms with E-state index in [9.17, 15) is 5.11 Å². The summed E-state index contributed by atoms with van der Waals surface area (Å²) >= 11 is 0. The number of nitrogens with one attached hydrogen (secondary N) is 1. The molecule has 2 aliphatic rings. The third-order valence-corrected chi connectivity index (χ3v) is 6.18. The number of hydrogen-bond donors (Lipinski definition) is 3. The Kier molecular flexibility index (Phi) is 6.36. The molecular weight excluding hydrogens is 380 g/mol. The fourth-order valence-electron chi connectivity index (χ4n) is 4.66. The summed E-state index contributed by atoms with van der Waals surface area (Å²) in [6.45, 7) is 6.55. The zero-order valence-electron chi connectivity index (χ0n) is 17.8. The second kappa shape index (κ2) is 9.16. The first-order valence-electron chi connectivity index (χ1n) is 10.7. The predicted molar refractivity (Wildman–Crippen MR) is 119 cm³/mol. The van der Waals surface area contributed by atoms with Gasteiger partial charge in [0.25, 0.3) is 0 Å². The number of aromatic hydroxyl groups is 1. The maximum absolute atomic E-state index is 10.2. The lowest BCUT2D eigenvalue weighted by Gasteiger charge is -2.43. The van der Waals surface area contributed by atoms with Crippen LogP contribution in [-0.4, -0.2) is 78.2 Å². The highest BCUT2D eigenvalue weighted by molar-refractivity contribution is 5.74. The van der Waals surface area contributed by atoms with E-state index in [0.29, 0.717) is 29.2 Å². The van der Waals surface area contributed by atoms with Gasteiger partial charge in [-0.2, -0.15) is 0 Å². The molecule has 2 aromatic rings. The summed E-state index contributed by atoms with van der Waals surface area (Å²) in [7, 11) is 1.94. The lowest BCUT2D eigenvalue weighted by Crippen LogP contribution is -2.55. The maximum Gasteiger partial charge on any atom is 0.169 e. The number of benzene rings is 1. The van der Waals surface area contributed by atoms with Gasteiger partial charge in [-0.1, -0.05) is 12.1 Å². The van der Waals surface area contributed by atoms with Crippen LogP contribution in [0.4, 0.5) is 11.5 Å². The van der Waals surface area contributed by atoms with Gasteiger partial charge >= 0.3 is 0 Å². The largest absolute Gasteiger partial charge is 0.507 e. The van der Waals surface area contributed by atoms with Gasteiger partial charge in [0.05, 0.1) is 24.1 Å². The number of fused-ring (bicyclic) bond motifs is 2. The van der Waals surface area contributed by atoms with Gasteiger partial charge in [-0.3, -0.25) is 4.90 Å². The smallest absolute Gasteiger partial charge is 0.169 e. The van der Waals surface area contributed by atoms with Gasteiger partial charge in [-0.15, -0.1) is 10.2 Å². The van der Waals surface area contributed by atoms with Crippen LogP contribution in [0.5, 0.6) is 5.75 Å². The van der Waals surface area contributed by atoms with E-state index in [-0.39, 0.29) is 11.9 Å². The summed E-state index contributed by atoms with van der Waals surface area (Å²) in [5.74, 6) is 0.630. The van der Waals surface area contributed by atoms with Crippen LogP contribution in [0.3, 0.4) is 0 Å². The molecule has 2 aliphatic heterocycles. The molecule has 162 valence electrons. The van der Waals surface area contributed by atoms with E-state index in [4.69, 9.17) is 10.5 Å². The van der Waals surface area contributed by atoms with E-state index in [1.807, 2.05) is 25.2 Å². The molecule has 8 heteroatoms. The predicted octanol–water partition coefficient (Wildman–Crippen LogP) is 1.71. The molecule has 1 aromatic heterocycles. The van der Waals surface area contributed by atoms with Crippen LogP contribution >= 0.6 is 0 Å². The number of ether oxygens (including phenoxy) is 1. The Balaban J connectivity index is 1.47. The number of piperazine rings is 1. The summed E-state index contributed by atoms with van der Waals surface area (Å²) in [4.78, 5) is 4.94. The fraction of sp³-hybridized carbons (Fsp3) is 0.545. The summed E-state index contributed by atoms with van der Waals surface area (Å²) < 4.78 is 5.94. The van der Waals surface area contributed by atoms with Crippen LogP contribution < -0.4 is 16.0 Å². The van der Waals surface area contributed by atoms with Crippen LogP contribution in [-0.2, 0) is 4.74 Å². The molecule has 4 N–H and O–H groups in total. The van der Waals surface area contributed by atoms with E-state index < -0.39 is 0 Å². The van der Waals surface area contributed by atoms with Gasteiger partial charge in [-0.05, 0) is 45.0 Å². The number of likely N-dealkylation sites (N-methyl/N-ethyl adjacent to an activating group) is 1. The molecule has 2 unspecified atom stereocenters. The van der Waals surface area contributed by atoms with Crippen molar-refractivity contribution in [3.63, 3.8) is 0 Å². The number of hydrogen-bond acceptors (Lipinski definition) is 8. The third-order valence-electron chi connectivity index (χ3n) is 6.18. The highest BCUT2D eigenvalue weighted by Gasteiger charge is 2.41. The molecule has 0 spiro atoms. The van der Waals surface area contributed by atoms with E-state index in [0.717, 1.165) is 38.5 Å². The van der Waals surface area contributed by atoms with E-state index in [2.05, 4.69) is 32.2 Å². The zero-order chi connectivity index (χ0) is 21.1. The van der Waals surface area contributed by atoms with Crippen molar-refractivity contribution >= 4 is 11.5 Å². The van der Waals surface area contributed by atoms with Crippen molar-refractivity contribution < 1.29 is 9.84 Å². The topological polar surface area (TPSA) is 99.8 Å². The van der Waals surface area contributed by atoms with Crippen LogP contribution in [0, 0.1) is 0 Å². The van der Waals surface area contributed by atoms with Gasteiger partial charge in [0, 0.05) is 43.8 Å². The quantitative estimate of drug-likeness (QED) is 0.564. The van der Waals surface area contributed by atoms with Crippen molar-refractivity contribution in [2.45, 2.75) is 38.0 Å². The first-order chi connectivity index (χ1) is 14.6. The molecule has 2 fully saturated rings. The summed E-state index contributed by atoms with van der Waals surface area (Å²) in [6.07, 6.45) is 2.60. The molecule has 8 nitrogen and oxygen atoms in total. The zero-order valence-corrected chi connectivity index (χ0v) is 17.8. The maximum atomic E-state index is 10.2. The Hall–Kier alpha value is -2.42. The highest BCUT2D eigenvalue weighted by atomic mass is 16.5. The van der Waals surface area contributed by atoms with Gasteiger partial charge < -0.3 is 25.8 Å². The van der Waals surface area contributed by atoms with Gasteiger partial charge in [-0.25, -0.2) is 0 Å². The van der Waals surface area contributed by atoms with Crippen LogP contribution in [0.25, 0.3) is 11.3 Å². The van der Waals surface area contributed by atoms with Crippen molar-refractivity contribution in [3.8, 4) is 17.0 Å². The Morgan fingerprint density at radius 1 is 1.23 bits per heavy atom. The number of para-hydroxylation sites is 1. The van der Waals surface area contributed by atoms with Crippen molar-refractivity contribution in [2.24, 2.45) is 0 Å². The number of nitrogens with two attached hydrogens (primary N) is 1. The van der Waals surface area contributed by atoms with Crippen molar-refractivity contribution in [2.75, 3.05) is 50.5 Å². The Morgan fingerprint density at radius 2 is 1.97 bits per heavy atom. The average molecular weight is 413 g/mol. The molecule has 0 amide bonds. The van der Waals surface area contributed by atoms with E-state index in [1.54, 1.807) is 12.1 Å². The molecule has 0 radical (unpaired) electrons. The minimum atomic E-state index is 0.194. The number of anilines is 2. The van der Waals surface area contributed by atoms with Gasteiger partial charge in [0.2, 0.25) is 0 Å². The SMILES string of the molecule is CNCCO[C@H](C)CN1C2CCC1CN(c1cc(-c3ccccc3O)nnc1N)C2. The summed E-state index contributed by atoms with van der Waals surface area (Å²) in [5, 5.41) is 21.7. The first-order valence-corrected chi connectivity index (χ1v) is 10.7. The second-order valence-corrected chi connectivity index (χ2v) is 8.29. The lowest BCUT2D eigenvalue weighted by atomic mass is 10.1. The van der Waals surface area contributed by atoms with Crippen LogP contribution in [0.2, 0.25) is 0 Å². The lowest BCUT2D eigenvalue weighted by molar-refractivity contribution is 0.0229. The number of nitrogens with zero attached hydrogens (tertiary/aromatic N) is 4. The Labute approximate surface area is 178 Å². The number of nitrogen functional groups attached to an aromatic ring is 1. The Morgan fingerprint density at radius 3 is 2.67 bits per heavy atom. The molecule has 0 saturated carbocycles. The number of phenols is 1. The first kappa shape index (κ1) is 20.8. The molecule has 3 heterocycles. The minimum Gasteiger partial charge on any atom is -0.507 e. The van der Waals surface area contributed by atoms with Crippen LogP contribution in [0.15, 0.2) is 30.3 Å². The molecule has 30 heavy (non-hydrogen) atoms. The number of phenolic OH excluding ortho intramolecular Hbond substituents is 1. The standard InChI is InChI=1S/C22H32N6O2/c1-15(30-10-9-24-2)12-28-16-7-8-17(28)14-27(13-16)20-11-19(25-26-22(20)23)18-5-3-4-6-21(18)29/h3-6,11,15-17,24,29H,7-10,12-14H2,1-2H3,(H2,23,26)/t15-,16?,17?/m1/s1. The minimum absolute atomic E-state index is 0.194. The van der Waals surface area contributed by atoms with Gasteiger partial charge in [0.15, 0.2) is 5.82 Å². The second-order valence-electron chi connectivity index (χ2n) is 8.29. The fourth-order valence-corrected chi connectivity index (χ4v) is 4.66. The average Bonchev–Trinajstić information content (AvgIpc) is 2.96. The van der Waals surface area contributed by atoms with Crippen molar-refractivity contribution in [1.82, 2.24) is 20.4 Å².